The van der Waals surface area contributed by atoms with Crippen molar-refractivity contribution in [3.8, 4) is 5.75 Å². The van der Waals surface area contributed by atoms with Crippen LogP contribution in [-0.2, 0) is 19.8 Å². The molecule has 0 atom stereocenters. The van der Waals surface area contributed by atoms with Crippen molar-refractivity contribution in [2.24, 2.45) is 5.41 Å². The molecule has 1 aliphatic rings. The number of phosphoric acid groups is 1. The van der Waals surface area contributed by atoms with Gasteiger partial charge in [-0.3, -0.25) is 9.79 Å². The Balaban J connectivity index is 1.85. The zero-order valence-electron chi connectivity index (χ0n) is 23.1. The molecule has 210 valence electrons. The Bertz CT molecular complexity index is 1100. The largest absolute Gasteiger partial charge is 0.524 e. The second-order valence-electron chi connectivity index (χ2n) is 10.6. The Labute approximate surface area is 225 Å². The van der Waals surface area contributed by atoms with Gasteiger partial charge in [-0.2, -0.15) is 0 Å². The monoisotopic (exact) mass is 548 g/mol. The lowest BCUT2D eigenvalue weighted by Gasteiger charge is -2.46. The van der Waals surface area contributed by atoms with E-state index in [9.17, 15) is 9.36 Å². The molecule has 0 aromatic heterocycles. The van der Waals surface area contributed by atoms with Crippen molar-refractivity contribution >= 4 is 19.5 Å². The van der Waals surface area contributed by atoms with Crippen LogP contribution in [0.15, 0.2) is 42.5 Å². The topological polar surface area (TPSA) is 126 Å². The number of carbonyl (C=O) groups excluding carboxylic acids is 1. The van der Waals surface area contributed by atoms with Crippen LogP contribution in [0, 0.1) is 5.41 Å². The van der Waals surface area contributed by atoms with E-state index >= 15 is 0 Å². The van der Waals surface area contributed by atoms with E-state index in [4.69, 9.17) is 19.3 Å². The molecule has 2 aromatic rings. The van der Waals surface area contributed by atoms with Crippen LogP contribution in [0.2, 0.25) is 0 Å². The first-order valence-corrected chi connectivity index (χ1v) is 14.7. The molecular weight excluding hydrogens is 507 g/mol. The Kier molecular flexibility index (Phi) is 9.66. The molecule has 10 heteroatoms. The quantitative estimate of drug-likeness (QED) is 0.259. The third-order valence-electron chi connectivity index (χ3n) is 7.33. The molecule has 0 saturated carbocycles. The third kappa shape index (κ3) is 7.16. The Morgan fingerprint density at radius 2 is 1.50 bits per heavy atom. The van der Waals surface area contributed by atoms with Crippen molar-refractivity contribution < 1.29 is 33.1 Å². The van der Waals surface area contributed by atoms with Crippen LogP contribution in [-0.4, -0.2) is 35.6 Å². The summed E-state index contributed by atoms with van der Waals surface area (Å²) in [6, 6.07) is 11.8. The maximum atomic E-state index is 13.2. The van der Waals surface area contributed by atoms with Gasteiger partial charge in [-0.05, 0) is 60.1 Å². The number of para-hydroxylation sites is 1. The van der Waals surface area contributed by atoms with E-state index in [1.807, 2.05) is 18.2 Å². The maximum absolute atomic E-state index is 13.2. The normalized spacial score (nSPS) is 16.9. The van der Waals surface area contributed by atoms with Gasteiger partial charge < -0.3 is 24.6 Å². The first-order valence-electron chi connectivity index (χ1n) is 13.1. The lowest BCUT2D eigenvalue weighted by atomic mass is 9.83. The summed E-state index contributed by atoms with van der Waals surface area (Å²) >= 11 is 0. The summed E-state index contributed by atoms with van der Waals surface area (Å²) in [7, 11) is -4.69. The maximum Gasteiger partial charge on any atom is 0.524 e. The minimum atomic E-state index is -4.69. The standard InChI is InChI=1S/C28H41N2O7P/c1-7-27(8-2)17-35-28(36-18-27,21-12-14-22(15-13-21)37-38(32,33)34)16-29-26(31)30-25-23(19(3)4)10-9-11-24(25)20(5)6/h9-15,19-20H,7-8,16-18H2,1-6H3,(H2,29,30,31)(H2,32,33,34). The predicted octanol–water partition coefficient (Wildman–Crippen LogP) is 6.23. The lowest BCUT2D eigenvalue weighted by molar-refractivity contribution is -0.310. The van der Waals surface area contributed by atoms with Gasteiger partial charge in [-0.25, -0.2) is 9.36 Å². The molecule has 0 aliphatic carbocycles. The number of nitrogens with one attached hydrogen (secondary N) is 2. The molecule has 1 heterocycles. The first-order chi connectivity index (χ1) is 17.8. The Morgan fingerprint density at radius 3 is 1.95 bits per heavy atom. The molecule has 0 spiro atoms. The fraction of sp³-hybridized carbons (Fsp3) is 0.536. The average Bonchev–Trinajstić information content (AvgIpc) is 2.87. The van der Waals surface area contributed by atoms with Crippen molar-refractivity contribution in [1.29, 1.82) is 0 Å². The molecule has 0 unspecified atom stereocenters. The van der Waals surface area contributed by atoms with Crippen LogP contribution in [0.3, 0.4) is 0 Å². The summed E-state index contributed by atoms with van der Waals surface area (Å²) < 4.78 is 28.6. The summed E-state index contributed by atoms with van der Waals surface area (Å²) in [5.74, 6) is -0.804. The number of hydrogen-bond donors (Lipinski definition) is 4. The van der Waals surface area contributed by atoms with Crippen molar-refractivity contribution in [2.45, 2.75) is 72.0 Å². The molecule has 38 heavy (non-hydrogen) atoms. The van der Waals surface area contributed by atoms with Crippen LogP contribution in [0.25, 0.3) is 0 Å². The van der Waals surface area contributed by atoms with E-state index in [0.29, 0.717) is 18.8 Å². The van der Waals surface area contributed by atoms with Gasteiger partial charge >= 0.3 is 13.9 Å². The molecule has 4 N–H and O–H groups in total. The van der Waals surface area contributed by atoms with Crippen LogP contribution in [0.1, 0.15) is 82.9 Å². The molecule has 9 nitrogen and oxygen atoms in total. The summed E-state index contributed by atoms with van der Waals surface area (Å²) in [6.07, 6.45) is 1.76. The highest BCUT2D eigenvalue weighted by molar-refractivity contribution is 7.46. The van der Waals surface area contributed by atoms with Crippen molar-refractivity contribution in [3.63, 3.8) is 0 Å². The second kappa shape index (κ2) is 12.2. The fourth-order valence-electron chi connectivity index (χ4n) is 4.61. The van der Waals surface area contributed by atoms with Gasteiger partial charge in [0.2, 0.25) is 5.79 Å². The number of anilines is 1. The number of amides is 2. The number of phosphoric ester groups is 1. The van der Waals surface area contributed by atoms with E-state index in [1.54, 1.807) is 12.1 Å². The molecular formula is C28H41N2O7P. The smallest absolute Gasteiger partial charge is 0.404 e. The molecule has 1 fully saturated rings. The molecule has 2 amide bonds. The summed E-state index contributed by atoms with van der Waals surface area (Å²) in [5, 5.41) is 5.99. The van der Waals surface area contributed by atoms with Crippen molar-refractivity contribution in [3.05, 3.63) is 59.2 Å². The van der Waals surface area contributed by atoms with Gasteiger partial charge in [-0.1, -0.05) is 59.7 Å². The third-order valence-corrected chi connectivity index (χ3v) is 7.78. The summed E-state index contributed by atoms with van der Waals surface area (Å²) in [4.78, 5) is 31.4. The Hall–Kier alpha value is -2.42. The average molecular weight is 549 g/mol. The van der Waals surface area contributed by atoms with E-state index in [2.05, 4.69) is 56.7 Å². The van der Waals surface area contributed by atoms with Gasteiger partial charge in [0, 0.05) is 16.7 Å². The summed E-state index contributed by atoms with van der Waals surface area (Å²) in [5.41, 5.74) is 3.40. The van der Waals surface area contributed by atoms with E-state index in [-0.39, 0.29) is 35.6 Å². The van der Waals surface area contributed by atoms with Crippen molar-refractivity contribution in [1.82, 2.24) is 5.32 Å². The van der Waals surface area contributed by atoms with Gasteiger partial charge in [0.1, 0.15) is 5.75 Å². The number of ether oxygens (including phenoxy) is 2. The van der Waals surface area contributed by atoms with E-state index in [1.165, 1.54) is 12.1 Å². The predicted molar refractivity (Wildman–Crippen MR) is 147 cm³/mol. The Morgan fingerprint density at radius 1 is 0.974 bits per heavy atom. The van der Waals surface area contributed by atoms with Crippen LogP contribution < -0.4 is 15.2 Å². The minimum absolute atomic E-state index is 0.0155. The lowest BCUT2D eigenvalue weighted by Crippen LogP contribution is -2.53. The van der Waals surface area contributed by atoms with Crippen LogP contribution in [0.5, 0.6) is 5.75 Å². The van der Waals surface area contributed by atoms with Crippen LogP contribution >= 0.6 is 7.82 Å². The van der Waals surface area contributed by atoms with Gasteiger partial charge in [-0.15, -0.1) is 0 Å². The molecule has 1 aliphatic heterocycles. The number of carbonyl (C=O) groups is 1. The van der Waals surface area contributed by atoms with E-state index in [0.717, 1.165) is 29.7 Å². The number of benzene rings is 2. The fourth-order valence-corrected chi connectivity index (χ4v) is 5.00. The molecule has 3 rings (SSSR count). The molecule has 1 saturated heterocycles. The highest BCUT2D eigenvalue weighted by atomic mass is 31.2. The molecule has 2 aromatic carbocycles. The van der Waals surface area contributed by atoms with Gasteiger partial charge in [0.15, 0.2) is 0 Å². The zero-order chi connectivity index (χ0) is 28.1. The number of hydrogen-bond acceptors (Lipinski definition) is 5. The molecule has 0 bridgehead atoms. The highest BCUT2D eigenvalue weighted by Crippen LogP contribution is 2.42. The van der Waals surface area contributed by atoms with Gasteiger partial charge in [0.05, 0.1) is 19.8 Å². The molecule has 0 radical (unpaired) electrons. The summed E-state index contributed by atoms with van der Waals surface area (Å²) in [6.45, 7) is 13.5. The number of rotatable bonds is 10. The second-order valence-corrected chi connectivity index (χ2v) is 11.7. The zero-order valence-corrected chi connectivity index (χ0v) is 24.0. The van der Waals surface area contributed by atoms with E-state index < -0.39 is 13.6 Å². The van der Waals surface area contributed by atoms with Crippen LogP contribution in [0.4, 0.5) is 10.5 Å². The highest BCUT2D eigenvalue weighted by Gasteiger charge is 2.45. The minimum Gasteiger partial charge on any atom is -0.404 e. The van der Waals surface area contributed by atoms with Gasteiger partial charge in [0.25, 0.3) is 0 Å². The first kappa shape index (κ1) is 30.1. The SMILES string of the molecule is CCC1(CC)COC(CNC(=O)Nc2c(C(C)C)cccc2C(C)C)(c2ccc(OP(=O)(O)O)cc2)OC1. The van der Waals surface area contributed by atoms with Crippen molar-refractivity contribution in [2.75, 3.05) is 25.1 Å². The number of urea groups is 1.